The van der Waals surface area contributed by atoms with Gasteiger partial charge in [0.05, 0.1) is 13.2 Å². The van der Waals surface area contributed by atoms with E-state index in [0.717, 1.165) is 25.3 Å². The molecule has 1 atom stereocenters. The summed E-state index contributed by atoms with van der Waals surface area (Å²) >= 11 is 0. The van der Waals surface area contributed by atoms with E-state index in [-0.39, 0.29) is 6.29 Å². The van der Waals surface area contributed by atoms with Crippen LogP contribution in [0.15, 0.2) is 77.1 Å². The molecule has 1 aromatic heterocycles. The lowest BCUT2D eigenvalue weighted by Crippen LogP contribution is -2.27. The molecule has 0 radical (unpaired) electrons. The zero-order valence-electron chi connectivity index (χ0n) is 24.3. The molecular weight excluding hydrogens is 430 g/mol. The first-order valence-electron chi connectivity index (χ1n) is 13.3. The average molecular weight is 482 g/mol. The summed E-state index contributed by atoms with van der Waals surface area (Å²) in [6, 6.07) is 4.07. The van der Waals surface area contributed by atoms with Crippen LogP contribution in [0.4, 0.5) is 0 Å². The van der Waals surface area contributed by atoms with E-state index in [1.165, 1.54) is 27.9 Å². The van der Waals surface area contributed by atoms with Gasteiger partial charge in [-0.05, 0) is 69.7 Å². The molecule has 196 valence electrons. The fourth-order valence-corrected chi connectivity index (χ4v) is 3.43. The van der Waals surface area contributed by atoms with E-state index < -0.39 is 0 Å². The van der Waals surface area contributed by atoms with Crippen LogP contribution in [0.3, 0.4) is 0 Å². The normalized spacial score (nSPS) is 22.4. The molecule has 3 nitrogen and oxygen atoms in total. The first-order chi connectivity index (χ1) is 16.7. The second-order valence-electron chi connectivity index (χ2n) is 8.91. The molecule has 0 N–H and O–H groups in total. The summed E-state index contributed by atoms with van der Waals surface area (Å²) < 4.78 is 10.3. The van der Waals surface area contributed by atoms with Crippen LogP contribution in [0.5, 0.6) is 0 Å². The Morgan fingerprint density at radius 2 is 1.43 bits per heavy atom. The third-order valence-electron chi connectivity index (χ3n) is 5.11. The van der Waals surface area contributed by atoms with Crippen LogP contribution >= 0.6 is 0 Å². The van der Waals surface area contributed by atoms with Crippen molar-refractivity contribution in [2.75, 3.05) is 13.2 Å². The highest BCUT2D eigenvalue weighted by molar-refractivity contribution is 5.54. The van der Waals surface area contributed by atoms with Crippen LogP contribution in [0.2, 0.25) is 0 Å². The Hall–Kier alpha value is -2.23. The van der Waals surface area contributed by atoms with Crippen molar-refractivity contribution in [3.05, 3.63) is 88.3 Å². The molecule has 1 aliphatic heterocycles. The molecule has 1 fully saturated rings. The first kappa shape index (κ1) is 32.8. The molecule has 0 saturated carbocycles. The van der Waals surface area contributed by atoms with E-state index in [1.807, 2.05) is 60.7 Å². The van der Waals surface area contributed by atoms with Gasteiger partial charge in [-0.15, -0.1) is 0 Å². The number of aryl methyl sites for hydroxylation is 2. The van der Waals surface area contributed by atoms with Gasteiger partial charge in [0, 0.05) is 17.8 Å². The lowest BCUT2D eigenvalue weighted by atomic mass is 10.0. The minimum Gasteiger partial charge on any atom is -0.353 e. The second kappa shape index (κ2) is 19.0. The van der Waals surface area contributed by atoms with Crippen molar-refractivity contribution in [1.82, 2.24) is 4.98 Å². The Kier molecular flexibility index (Phi) is 17.8. The highest BCUT2D eigenvalue weighted by atomic mass is 16.7. The minimum absolute atomic E-state index is 0.0196. The maximum absolute atomic E-state index is 5.17. The molecular formula is C32H51NO2. The maximum Gasteiger partial charge on any atom is 0.154 e. The van der Waals surface area contributed by atoms with E-state index in [4.69, 9.17) is 9.47 Å². The number of allylic oxidation sites excluding steroid dienone is 10. The number of hydrogen-bond acceptors (Lipinski definition) is 3. The highest BCUT2D eigenvalue weighted by Gasteiger charge is 2.13. The van der Waals surface area contributed by atoms with E-state index in [2.05, 4.69) is 75.2 Å². The van der Waals surface area contributed by atoms with Gasteiger partial charge in [0.1, 0.15) is 0 Å². The van der Waals surface area contributed by atoms with Crippen molar-refractivity contribution >= 4 is 0 Å². The molecule has 35 heavy (non-hydrogen) atoms. The third kappa shape index (κ3) is 14.7. The van der Waals surface area contributed by atoms with E-state index in [9.17, 15) is 0 Å². The third-order valence-corrected chi connectivity index (χ3v) is 5.11. The summed E-state index contributed by atoms with van der Waals surface area (Å²) in [5.74, 6) is 1.11. The van der Waals surface area contributed by atoms with Crippen LogP contribution in [0, 0.1) is 25.7 Å². The summed E-state index contributed by atoms with van der Waals surface area (Å²) in [6.07, 6.45) is 16.7. The van der Waals surface area contributed by atoms with Gasteiger partial charge >= 0.3 is 0 Å². The molecule has 1 unspecified atom stereocenters. The average Bonchev–Trinajstić information content (AvgIpc) is 3.09. The molecule has 2 heterocycles. The van der Waals surface area contributed by atoms with Crippen molar-refractivity contribution in [3.8, 4) is 0 Å². The number of fused-ring (bicyclic) bond motifs is 1. The standard InChI is InChI=1S/C15H18.C7H9N.C6H12O2.2C2H6/c1-11-5-4-6-14-9-12(2)7-13(3)10-15(14)8-11;1-6-3-4-7(2)8-5-6;1-5-3-7-6(2)8-4-5;2*1-2/h4,6-10,13H,5H2,1-3H3;3-5H,1-2H3;5-6H,3-4H2,1-2H3;2*1-2H3. The number of aromatic nitrogens is 1. The topological polar surface area (TPSA) is 31.4 Å². The molecule has 3 heteroatoms. The van der Waals surface area contributed by atoms with Gasteiger partial charge in [-0.3, -0.25) is 4.98 Å². The zero-order valence-corrected chi connectivity index (χ0v) is 24.3. The molecule has 1 aromatic rings. The Morgan fingerprint density at radius 1 is 0.800 bits per heavy atom. The van der Waals surface area contributed by atoms with E-state index in [0.29, 0.717) is 11.8 Å². The summed E-state index contributed by atoms with van der Waals surface area (Å²) in [7, 11) is 0. The number of pyridine rings is 1. The monoisotopic (exact) mass is 481 g/mol. The van der Waals surface area contributed by atoms with Crippen molar-refractivity contribution in [2.45, 2.75) is 88.9 Å². The van der Waals surface area contributed by atoms with Gasteiger partial charge < -0.3 is 9.47 Å². The minimum atomic E-state index is 0.0196. The van der Waals surface area contributed by atoms with E-state index in [1.54, 1.807) is 0 Å². The molecule has 0 aromatic carbocycles. The highest BCUT2D eigenvalue weighted by Crippen LogP contribution is 2.27. The maximum atomic E-state index is 5.17. The van der Waals surface area contributed by atoms with Gasteiger partial charge in [0.15, 0.2) is 6.29 Å². The largest absolute Gasteiger partial charge is 0.353 e. The fraction of sp³-hybridized carbons (Fsp3) is 0.531. The lowest BCUT2D eigenvalue weighted by molar-refractivity contribution is -0.187. The van der Waals surface area contributed by atoms with Crippen LogP contribution in [0.1, 0.15) is 80.0 Å². The van der Waals surface area contributed by atoms with Crippen molar-refractivity contribution < 1.29 is 9.47 Å². The van der Waals surface area contributed by atoms with Crippen LogP contribution in [-0.2, 0) is 9.47 Å². The molecule has 0 amide bonds. The summed E-state index contributed by atoms with van der Waals surface area (Å²) in [5, 5.41) is 0. The molecule has 1 saturated heterocycles. The number of hydrogen-bond donors (Lipinski definition) is 0. The van der Waals surface area contributed by atoms with Crippen LogP contribution < -0.4 is 0 Å². The Labute approximate surface area is 216 Å². The zero-order chi connectivity index (χ0) is 26.8. The number of ether oxygens (including phenoxy) is 2. The fourth-order valence-electron chi connectivity index (χ4n) is 3.43. The number of nitrogens with zero attached hydrogens (tertiary/aromatic N) is 1. The Bertz CT molecular complexity index is 817. The quantitative estimate of drug-likeness (QED) is 0.370. The van der Waals surface area contributed by atoms with Crippen molar-refractivity contribution in [1.29, 1.82) is 0 Å². The van der Waals surface area contributed by atoms with Gasteiger partial charge in [0.2, 0.25) is 0 Å². The lowest BCUT2D eigenvalue weighted by Gasteiger charge is -2.24. The van der Waals surface area contributed by atoms with Crippen LogP contribution in [-0.4, -0.2) is 24.5 Å². The molecule has 0 bridgehead atoms. The van der Waals surface area contributed by atoms with Gasteiger partial charge in [0.25, 0.3) is 0 Å². The Morgan fingerprint density at radius 3 is 1.94 bits per heavy atom. The molecule has 0 spiro atoms. The van der Waals surface area contributed by atoms with Gasteiger partial charge in [-0.1, -0.05) is 95.2 Å². The van der Waals surface area contributed by atoms with Crippen molar-refractivity contribution in [3.63, 3.8) is 0 Å². The molecule has 3 aliphatic rings. The van der Waals surface area contributed by atoms with E-state index >= 15 is 0 Å². The summed E-state index contributed by atoms with van der Waals surface area (Å²) in [5.41, 5.74) is 7.83. The Balaban J connectivity index is 0.000000494. The molecule has 2 aliphatic carbocycles. The second-order valence-corrected chi connectivity index (χ2v) is 8.91. The SMILES string of the molecule is CC.CC.CC1=CC(C)C=C2C=C(C)CC=CC2=C1.CC1COC(C)OC1.Cc1ccc(C)nc1. The van der Waals surface area contributed by atoms with Crippen LogP contribution in [0.25, 0.3) is 0 Å². The summed E-state index contributed by atoms with van der Waals surface area (Å²) in [6.45, 7) is 24.4. The smallest absolute Gasteiger partial charge is 0.154 e. The number of rotatable bonds is 0. The van der Waals surface area contributed by atoms with Gasteiger partial charge in [-0.2, -0.15) is 0 Å². The predicted octanol–water partition coefficient (Wildman–Crippen LogP) is 9.11. The van der Waals surface area contributed by atoms with Gasteiger partial charge in [-0.25, -0.2) is 0 Å². The molecule has 4 rings (SSSR count). The first-order valence-corrected chi connectivity index (χ1v) is 13.3. The van der Waals surface area contributed by atoms with Crippen molar-refractivity contribution in [2.24, 2.45) is 11.8 Å². The summed E-state index contributed by atoms with van der Waals surface area (Å²) in [4.78, 5) is 4.08. The predicted molar refractivity (Wildman–Crippen MR) is 154 cm³/mol.